The van der Waals surface area contributed by atoms with Crippen molar-refractivity contribution in [2.75, 3.05) is 12.1 Å². The first kappa shape index (κ1) is 21.1. The highest BCUT2D eigenvalue weighted by molar-refractivity contribution is 5.92. The number of ether oxygens (including phenoxy) is 4. The molecule has 2 aromatic heterocycles. The smallest absolute Gasteiger partial charge is 0.351 e. The molecule has 2 aliphatic rings. The minimum Gasteiger partial charge on any atom is -0.459 e. The highest BCUT2D eigenvalue weighted by Crippen LogP contribution is 2.34. The van der Waals surface area contributed by atoms with Gasteiger partial charge >= 0.3 is 23.6 Å². The lowest BCUT2D eigenvalue weighted by molar-refractivity contribution is -0.164. The van der Waals surface area contributed by atoms with E-state index in [0.717, 1.165) is 16.7 Å². The molecule has 1 unspecified atom stereocenters. The number of hydrogen-bond donors (Lipinski definition) is 2. The maximum absolute atomic E-state index is 12.4. The quantitative estimate of drug-likeness (QED) is 0.348. The van der Waals surface area contributed by atoms with E-state index in [-0.39, 0.29) is 18.0 Å². The average molecular weight is 444 g/mol. The molecule has 0 aromatic carbocycles. The number of hydrogen-bond acceptors (Lipinski definition) is 12. The van der Waals surface area contributed by atoms with Crippen molar-refractivity contribution < 1.29 is 38.5 Å². The van der Waals surface area contributed by atoms with Gasteiger partial charge in [0.15, 0.2) is 24.3 Å². The maximum Gasteiger partial charge on any atom is 0.351 e. The fourth-order valence-corrected chi connectivity index (χ4v) is 3.21. The second kappa shape index (κ2) is 8.95. The predicted octanol–water partition coefficient (Wildman–Crippen LogP) is -0.413. The Morgan fingerprint density at radius 1 is 1.16 bits per heavy atom. The molecule has 2 aromatic rings. The Morgan fingerprint density at radius 2 is 1.91 bits per heavy atom. The average Bonchev–Trinajstić information content (AvgIpc) is 3.11. The molecule has 166 valence electrons. The van der Waals surface area contributed by atoms with Gasteiger partial charge in [-0.2, -0.15) is 4.98 Å². The molecule has 4 rings (SSSR count). The van der Waals surface area contributed by atoms with Gasteiger partial charge in [0.1, 0.15) is 12.7 Å². The van der Waals surface area contributed by atoms with Crippen molar-refractivity contribution in [1.82, 2.24) is 14.5 Å². The number of carbonyl (C=O) groups is 3. The lowest BCUT2D eigenvalue weighted by Gasteiger charge is -2.25. The molecule has 0 spiro atoms. The zero-order valence-corrected chi connectivity index (χ0v) is 16.2. The van der Waals surface area contributed by atoms with Gasteiger partial charge in [-0.3, -0.25) is 20.2 Å². The van der Waals surface area contributed by atoms with Gasteiger partial charge in [-0.05, 0) is 18.2 Å². The van der Waals surface area contributed by atoms with Gasteiger partial charge < -0.3 is 18.9 Å². The third-order valence-electron chi connectivity index (χ3n) is 4.64. The molecule has 32 heavy (non-hydrogen) atoms. The number of nitrogens with one attached hydrogen (secondary N) is 1. The van der Waals surface area contributed by atoms with Crippen LogP contribution >= 0.6 is 0 Å². The Labute approximate surface area is 179 Å². The Kier molecular flexibility index (Phi) is 5.91. The van der Waals surface area contributed by atoms with Crippen molar-refractivity contribution in [3.05, 3.63) is 65.0 Å². The van der Waals surface area contributed by atoms with E-state index in [9.17, 15) is 19.2 Å². The fourth-order valence-electron chi connectivity index (χ4n) is 3.21. The van der Waals surface area contributed by atoms with Crippen LogP contribution in [0.5, 0.6) is 0 Å². The molecule has 13 nitrogen and oxygen atoms in total. The summed E-state index contributed by atoms with van der Waals surface area (Å²) in [5.41, 5.74) is 1.08. The number of pyridine rings is 1. The summed E-state index contributed by atoms with van der Waals surface area (Å²) in [5.74, 6) is -2.51. The van der Waals surface area contributed by atoms with Crippen LogP contribution in [0.1, 0.15) is 16.6 Å². The third kappa shape index (κ3) is 4.33. The molecule has 0 aliphatic carbocycles. The summed E-state index contributed by atoms with van der Waals surface area (Å²) in [6.07, 6.45) is 1.06. The Bertz CT molecular complexity index is 1120. The van der Waals surface area contributed by atoms with Gasteiger partial charge in [-0.15, -0.1) is 0 Å². The molecule has 0 amide bonds. The van der Waals surface area contributed by atoms with Gasteiger partial charge in [-0.1, -0.05) is 0 Å². The highest BCUT2D eigenvalue weighted by atomic mass is 16.7. The Hall–Kier alpha value is -4.10. The zero-order chi connectivity index (χ0) is 22.7. The topological polar surface area (TPSA) is 168 Å². The number of rotatable bonds is 5. The molecule has 0 radical (unpaired) electrons. The van der Waals surface area contributed by atoms with Gasteiger partial charge in [0, 0.05) is 30.7 Å². The van der Waals surface area contributed by atoms with E-state index in [4.69, 9.17) is 24.2 Å². The zero-order valence-electron chi connectivity index (χ0n) is 16.2. The second-order valence-electron chi connectivity index (χ2n) is 6.66. The molecular weight excluding hydrogens is 428 g/mol. The summed E-state index contributed by atoms with van der Waals surface area (Å²) in [4.78, 5) is 56.1. The van der Waals surface area contributed by atoms with Crippen molar-refractivity contribution >= 4 is 23.7 Å². The van der Waals surface area contributed by atoms with E-state index in [2.05, 4.69) is 9.97 Å². The SMILES string of the molecule is O=C1/C=C\C(=O)O[C@@H]2C(O1)[C@@H](COC(=O)c1cccnc1)O[C@H]2n1ccc(NO)nc1=O. The second-order valence-corrected chi connectivity index (χ2v) is 6.66. The Morgan fingerprint density at radius 3 is 2.56 bits per heavy atom. The normalized spacial score (nSPS) is 25.5. The van der Waals surface area contributed by atoms with Gasteiger partial charge in [0.2, 0.25) is 0 Å². The number of carbonyl (C=O) groups excluding carboxylic acids is 3. The summed E-state index contributed by atoms with van der Waals surface area (Å²) in [6.45, 7) is -0.377. The molecule has 0 bridgehead atoms. The van der Waals surface area contributed by atoms with Crippen molar-refractivity contribution in [3.8, 4) is 0 Å². The van der Waals surface area contributed by atoms with Gasteiger partial charge in [0.05, 0.1) is 5.56 Å². The molecular formula is C19H16N4O9. The third-order valence-corrected chi connectivity index (χ3v) is 4.64. The fraction of sp³-hybridized carbons (Fsp3) is 0.263. The number of aromatic nitrogens is 3. The largest absolute Gasteiger partial charge is 0.459 e. The van der Waals surface area contributed by atoms with E-state index in [1.54, 1.807) is 11.5 Å². The first-order chi connectivity index (χ1) is 15.5. The lowest BCUT2D eigenvalue weighted by Crippen LogP contribution is -2.43. The minimum atomic E-state index is -1.25. The van der Waals surface area contributed by atoms with Crippen LogP contribution in [0.2, 0.25) is 0 Å². The minimum absolute atomic E-state index is 0.119. The number of esters is 3. The number of anilines is 1. The van der Waals surface area contributed by atoms with Crippen LogP contribution in [0.4, 0.5) is 5.82 Å². The number of nitrogens with zero attached hydrogens (tertiary/aromatic N) is 3. The van der Waals surface area contributed by atoms with Gasteiger partial charge in [-0.25, -0.2) is 19.2 Å². The van der Waals surface area contributed by atoms with Crippen LogP contribution in [0.15, 0.2) is 53.7 Å². The first-order valence-electron chi connectivity index (χ1n) is 9.27. The van der Waals surface area contributed by atoms with E-state index >= 15 is 0 Å². The van der Waals surface area contributed by atoms with Crippen LogP contribution in [-0.4, -0.2) is 62.6 Å². The summed E-state index contributed by atoms with van der Waals surface area (Å²) >= 11 is 0. The molecule has 1 fully saturated rings. The van der Waals surface area contributed by atoms with Gasteiger partial charge in [0.25, 0.3) is 0 Å². The van der Waals surface area contributed by atoms with Crippen molar-refractivity contribution in [3.63, 3.8) is 0 Å². The van der Waals surface area contributed by atoms with Crippen LogP contribution in [0.25, 0.3) is 0 Å². The molecule has 4 heterocycles. The number of fused-ring (bicyclic) bond motifs is 1. The summed E-state index contributed by atoms with van der Waals surface area (Å²) in [6, 6.07) is 4.33. The first-order valence-corrected chi connectivity index (χ1v) is 9.27. The summed E-state index contributed by atoms with van der Waals surface area (Å²) in [5, 5.41) is 8.92. The lowest BCUT2D eigenvalue weighted by atomic mass is 10.1. The van der Waals surface area contributed by atoms with E-state index in [1.165, 1.54) is 30.7 Å². The van der Waals surface area contributed by atoms with E-state index in [0.29, 0.717) is 0 Å². The summed E-state index contributed by atoms with van der Waals surface area (Å²) < 4.78 is 22.7. The molecule has 13 heteroatoms. The summed E-state index contributed by atoms with van der Waals surface area (Å²) in [7, 11) is 0. The van der Waals surface area contributed by atoms with Crippen molar-refractivity contribution in [2.45, 2.75) is 24.5 Å². The highest BCUT2D eigenvalue weighted by Gasteiger charge is 2.51. The maximum atomic E-state index is 12.4. The molecule has 4 atom stereocenters. The van der Waals surface area contributed by atoms with Crippen LogP contribution in [-0.2, 0) is 28.5 Å². The van der Waals surface area contributed by atoms with Crippen molar-refractivity contribution in [1.29, 1.82) is 0 Å². The van der Waals surface area contributed by atoms with Crippen LogP contribution in [0, 0.1) is 0 Å². The monoisotopic (exact) mass is 444 g/mol. The van der Waals surface area contributed by atoms with Crippen molar-refractivity contribution in [2.24, 2.45) is 0 Å². The van der Waals surface area contributed by atoms with Crippen LogP contribution in [0.3, 0.4) is 0 Å². The molecule has 0 saturated carbocycles. The standard InChI is InChI=1S/C19H16N4O9/c24-13-3-4-14(25)32-16-15(31-13)11(9-29-18(26)10-2-1-6-20-8-10)30-17(16)23-7-5-12(22-28)21-19(23)27/h1-8,11,15-17,28H,9H2,(H,21,22,27)/b4-3-/t11-,15?,16-,17-/m1/s1. The van der Waals surface area contributed by atoms with E-state index < -0.39 is 48.1 Å². The molecule has 2 N–H and O–H groups in total. The predicted molar refractivity (Wildman–Crippen MR) is 101 cm³/mol. The van der Waals surface area contributed by atoms with Crippen LogP contribution < -0.4 is 11.2 Å². The van der Waals surface area contributed by atoms with E-state index in [1.807, 2.05) is 0 Å². The molecule has 2 aliphatic heterocycles. The molecule has 1 saturated heterocycles. The Balaban J connectivity index is 1.61.